The van der Waals surface area contributed by atoms with Gasteiger partial charge in [-0.05, 0) is 61.0 Å². The maximum atomic E-state index is 12.8. The molecule has 0 radical (unpaired) electrons. The van der Waals surface area contributed by atoms with E-state index in [1.165, 1.54) is 23.5 Å². The standard InChI is InChI=1S/C22H22N2O4S/c1-17-7-6-10-20(15-17)28-16-22(25)23-18-11-13-21(14-12-18)29(26,27)24(2)19-8-4-3-5-9-19/h3-15H,16H2,1-2H3,(H,23,25). The summed E-state index contributed by atoms with van der Waals surface area (Å²) in [6, 6.07) is 22.3. The number of amides is 1. The Morgan fingerprint density at radius 1 is 0.966 bits per heavy atom. The molecule has 0 aliphatic rings. The second-order valence-electron chi connectivity index (χ2n) is 6.49. The van der Waals surface area contributed by atoms with Gasteiger partial charge in [-0.3, -0.25) is 9.10 Å². The van der Waals surface area contributed by atoms with Crippen LogP contribution >= 0.6 is 0 Å². The van der Waals surface area contributed by atoms with Gasteiger partial charge < -0.3 is 10.1 Å². The first kappa shape index (κ1) is 20.4. The molecule has 3 aromatic rings. The molecule has 0 fully saturated rings. The summed E-state index contributed by atoms with van der Waals surface area (Å²) in [4.78, 5) is 12.2. The molecule has 3 rings (SSSR count). The molecule has 0 aromatic heterocycles. The average Bonchev–Trinajstić information content (AvgIpc) is 2.73. The third-order valence-corrected chi connectivity index (χ3v) is 6.08. The van der Waals surface area contributed by atoms with E-state index in [1.54, 1.807) is 42.5 Å². The molecular formula is C22H22N2O4S. The van der Waals surface area contributed by atoms with Crippen molar-refractivity contribution < 1.29 is 17.9 Å². The first-order chi connectivity index (χ1) is 13.9. The number of anilines is 2. The van der Waals surface area contributed by atoms with Gasteiger partial charge in [-0.2, -0.15) is 0 Å². The molecule has 0 unspecified atom stereocenters. The Labute approximate surface area is 170 Å². The highest BCUT2D eigenvalue weighted by Crippen LogP contribution is 2.23. The van der Waals surface area contributed by atoms with Gasteiger partial charge in [0, 0.05) is 12.7 Å². The fourth-order valence-corrected chi connectivity index (χ4v) is 3.89. The predicted molar refractivity (Wildman–Crippen MR) is 114 cm³/mol. The van der Waals surface area contributed by atoms with Crippen molar-refractivity contribution in [2.75, 3.05) is 23.3 Å². The molecule has 1 N–H and O–H groups in total. The molecule has 0 spiro atoms. The minimum atomic E-state index is -3.69. The quantitative estimate of drug-likeness (QED) is 0.642. The van der Waals surface area contributed by atoms with Crippen LogP contribution in [0.15, 0.2) is 83.8 Å². The van der Waals surface area contributed by atoms with Crippen LogP contribution in [0.3, 0.4) is 0 Å². The van der Waals surface area contributed by atoms with Crippen molar-refractivity contribution in [1.82, 2.24) is 0 Å². The molecule has 29 heavy (non-hydrogen) atoms. The number of hydrogen-bond donors (Lipinski definition) is 1. The van der Waals surface area contributed by atoms with Gasteiger partial charge in [0.15, 0.2) is 6.61 Å². The number of nitrogens with zero attached hydrogens (tertiary/aromatic N) is 1. The molecule has 0 bridgehead atoms. The van der Waals surface area contributed by atoms with Crippen LogP contribution in [-0.4, -0.2) is 28.0 Å². The SMILES string of the molecule is Cc1cccc(OCC(=O)Nc2ccc(S(=O)(=O)N(C)c3ccccc3)cc2)c1. The van der Waals surface area contributed by atoms with Crippen LogP contribution in [0.4, 0.5) is 11.4 Å². The lowest BCUT2D eigenvalue weighted by Crippen LogP contribution is -2.26. The van der Waals surface area contributed by atoms with Crippen LogP contribution in [0.25, 0.3) is 0 Å². The van der Waals surface area contributed by atoms with Crippen molar-refractivity contribution in [3.63, 3.8) is 0 Å². The molecule has 3 aromatic carbocycles. The molecule has 7 heteroatoms. The van der Waals surface area contributed by atoms with E-state index in [-0.39, 0.29) is 17.4 Å². The van der Waals surface area contributed by atoms with Gasteiger partial charge in [-0.15, -0.1) is 0 Å². The Morgan fingerprint density at radius 2 is 1.66 bits per heavy atom. The van der Waals surface area contributed by atoms with E-state index in [4.69, 9.17) is 4.74 Å². The predicted octanol–water partition coefficient (Wildman–Crippen LogP) is 3.84. The Bertz CT molecular complexity index is 1080. The van der Waals surface area contributed by atoms with Gasteiger partial charge in [0.05, 0.1) is 10.6 Å². The third kappa shape index (κ3) is 5.14. The van der Waals surface area contributed by atoms with E-state index >= 15 is 0 Å². The number of aryl methyl sites for hydroxylation is 1. The zero-order valence-electron chi connectivity index (χ0n) is 16.2. The highest BCUT2D eigenvalue weighted by molar-refractivity contribution is 7.92. The summed E-state index contributed by atoms with van der Waals surface area (Å²) < 4.78 is 32.2. The van der Waals surface area contributed by atoms with Crippen molar-refractivity contribution in [1.29, 1.82) is 0 Å². The number of para-hydroxylation sites is 1. The number of hydrogen-bond acceptors (Lipinski definition) is 4. The molecule has 150 valence electrons. The van der Waals surface area contributed by atoms with Crippen LogP contribution in [0.5, 0.6) is 5.75 Å². The molecule has 0 saturated carbocycles. The molecule has 0 aliphatic heterocycles. The minimum Gasteiger partial charge on any atom is -0.484 e. The van der Waals surface area contributed by atoms with E-state index in [1.807, 2.05) is 31.2 Å². The Kier molecular flexibility index (Phi) is 6.19. The second-order valence-corrected chi connectivity index (χ2v) is 8.46. The Morgan fingerprint density at radius 3 is 2.31 bits per heavy atom. The summed E-state index contributed by atoms with van der Waals surface area (Å²) in [5, 5.41) is 2.69. The minimum absolute atomic E-state index is 0.137. The molecule has 0 heterocycles. The van der Waals surface area contributed by atoms with Crippen LogP contribution in [-0.2, 0) is 14.8 Å². The highest BCUT2D eigenvalue weighted by atomic mass is 32.2. The van der Waals surface area contributed by atoms with Crippen molar-refractivity contribution in [2.45, 2.75) is 11.8 Å². The first-order valence-corrected chi connectivity index (χ1v) is 10.4. The maximum Gasteiger partial charge on any atom is 0.264 e. The second kappa shape index (κ2) is 8.79. The molecule has 6 nitrogen and oxygen atoms in total. The van der Waals surface area contributed by atoms with Crippen molar-refractivity contribution in [3.8, 4) is 5.75 Å². The smallest absolute Gasteiger partial charge is 0.264 e. The van der Waals surface area contributed by atoms with Crippen LogP contribution in [0, 0.1) is 6.92 Å². The number of nitrogens with one attached hydrogen (secondary N) is 1. The number of sulfonamides is 1. The molecule has 0 aliphatic carbocycles. The Hall–Kier alpha value is -3.32. The molecule has 1 amide bonds. The summed E-state index contributed by atoms with van der Waals surface area (Å²) in [5.74, 6) is 0.286. The van der Waals surface area contributed by atoms with E-state index in [0.717, 1.165) is 5.56 Å². The lowest BCUT2D eigenvalue weighted by atomic mass is 10.2. The van der Waals surface area contributed by atoms with E-state index in [9.17, 15) is 13.2 Å². The van der Waals surface area contributed by atoms with Crippen LogP contribution in [0.1, 0.15) is 5.56 Å². The Balaban J connectivity index is 1.63. The summed E-state index contributed by atoms with van der Waals surface area (Å²) >= 11 is 0. The number of benzene rings is 3. The van der Waals surface area contributed by atoms with E-state index < -0.39 is 10.0 Å². The van der Waals surface area contributed by atoms with Gasteiger partial charge in [0.2, 0.25) is 0 Å². The lowest BCUT2D eigenvalue weighted by Gasteiger charge is -2.19. The fraction of sp³-hybridized carbons (Fsp3) is 0.136. The molecular weight excluding hydrogens is 388 g/mol. The lowest BCUT2D eigenvalue weighted by molar-refractivity contribution is -0.118. The van der Waals surface area contributed by atoms with Crippen molar-refractivity contribution >= 4 is 27.3 Å². The monoisotopic (exact) mass is 410 g/mol. The van der Waals surface area contributed by atoms with E-state index in [0.29, 0.717) is 17.1 Å². The van der Waals surface area contributed by atoms with Crippen molar-refractivity contribution in [2.24, 2.45) is 0 Å². The van der Waals surface area contributed by atoms with E-state index in [2.05, 4.69) is 5.32 Å². The third-order valence-electron chi connectivity index (χ3n) is 4.28. The zero-order valence-corrected chi connectivity index (χ0v) is 17.0. The van der Waals surface area contributed by atoms with Gasteiger partial charge >= 0.3 is 0 Å². The summed E-state index contributed by atoms with van der Waals surface area (Å²) in [6.07, 6.45) is 0. The number of carbonyl (C=O) groups is 1. The summed E-state index contributed by atoms with van der Waals surface area (Å²) in [5.41, 5.74) is 2.10. The summed E-state index contributed by atoms with van der Waals surface area (Å²) in [6.45, 7) is 1.80. The zero-order chi connectivity index (χ0) is 20.9. The van der Waals surface area contributed by atoms with Crippen LogP contribution in [0.2, 0.25) is 0 Å². The first-order valence-electron chi connectivity index (χ1n) is 8.99. The number of rotatable bonds is 7. The normalized spacial score (nSPS) is 11.0. The fourth-order valence-electron chi connectivity index (χ4n) is 2.70. The number of ether oxygens (including phenoxy) is 1. The molecule has 0 atom stereocenters. The topological polar surface area (TPSA) is 75.7 Å². The average molecular weight is 410 g/mol. The van der Waals surface area contributed by atoms with Crippen LogP contribution < -0.4 is 14.4 Å². The highest BCUT2D eigenvalue weighted by Gasteiger charge is 2.21. The maximum absolute atomic E-state index is 12.8. The summed E-state index contributed by atoms with van der Waals surface area (Å²) in [7, 11) is -2.19. The van der Waals surface area contributed by atoms with Gasteiger partial charge in [0.1, 0.15) is 5.75 Å². The van der Waals surface area contributed by atoms with Gasteiger partial charge in [0.25, 0.3) is 15.9 Å². The molecule has 0 saturated heterocycles. The number of carbonyl (C=O) groups excluding carboxylic acids is 1. The largest absolute Gasteiger partial charge is 0.484 e. The van der Waals surface area contributed by atoms with Gasteiger partial charge in [-0.1, -0.05) is 30.3 Å². The van der Waals surface area contributed by atoms with Gasteiger partial charge in [-0.25, -0.2) is 8.42 Å². The van der Waals surface area contributed by atoms with Crippen molar-refractivity contribution in [3.05, 3.63) is 84.4 Å².